The summed E-state index contributed by atoms with van der Waals surface area (Å²) in [5.41, 5.74) is 0.330. The number of halogens is 2. The van der Waals surface area contributed by atoms with Gasteiger partial charge in [0.2, 0.25) is 5.91 Å². The van der Waals surface area contributed by atoms with Gasteiger partial charge in [-0.15, -0.1) is 0 Å². The average Bonchev–Trinajstić information content (AvgIpc) is 3.70. The van der Waals surface area contributed by atoms with Gasteiger partial charge in [-0.05, 0) is 36.2 Å². The number of methoxy groups -OCH3 is 1. The number of amides is 1. The number of carboxylic acid groups (broad SMARTS) is 1. The van der Waals surface area contributed by atoms with E-state index in [-0.39, 0.29) is 72.4 Å². The summed E-state index contributed by atoms with van der Waals surface area (Å²) in [4.78, 5) is 40.3. The first-order valence-corrected chi connectivity index (χ1v) is 15.3. The van der Waals surface area contributed by atoms with Crippen LogP contribution in [0.1, 0.15) is 50.7 Å². The fraction of sp³-hybridized carbons (Fsp3) is 0.357. The van der Waals surface area contributed by atoms with E-state index < -0.39 is 45.8 Å². The summed E-state index contributed by atoms with van der Waals surface area (Å²) < 4.78 is 48.6. The fourth-order valence-electron chi connectivity index (χ4n) is 5.41. The molecular weight excluding hydrogens is 621 g/mol. The van der Waals surface area contributed by atoms with E-state index in [1.54, 1.807) is 24.1 Å². The van der Waals surface area contributed by atoms with Crippen LogP contribution in [-0.4, -0.2) is 94.7 Å². The Morgan fingerprint density at radius 1 is 1.16 bits per heavy atom. The summed E-state index contributed by atoms with van der Waals surface area (Å²) in [6, 6.07) is 9.63. The zero-order chi connectivity index (χ0) is 31.9. The summed E-state index contributed by atoms with van der Waals surface area (Å²) in [6.07, 6.45) is -0.834. The highest BCUT2D eigenvalue weighted by molar-refractivity contribution is 7.87. The van der Waals surface area contributed by atoms with Crippen molar-refractivity contribution in [1.29, 1.82) is 0 Å². The number of hydrogen-bond donors (Lipinski definition) is 2. The monoisotopic (exact) mass is 649 g/mol. The number of aliphatic hydroxyl groups is 1. The first-order valence-electron chi connectivity index (χ1n) is 13.5. The minimum absolute atomic E-state index is 0.0683. The maximum absolute atomic E-state index is 13.9. The van der Waals surface area contributed by atoms with Crippen molar-refractivity contribution < 1.29 is 42.1 Å². The number of anilines is 1. The molecule has 0 spiro atoms. The number of aromatic nitrogens is 2. The number of hydrogen-bond acceptors (Lipinski definition) is 9. The van der Waals surface area contributed by atoms with Crippen LogP contribution >= 0.6 is 11.6 Å². The molecule has 13 nitrogen and oxygen atoms in total. The Morgan fingerprint density at radius 3 is 2.45 bits per heavy atom. The molecule has 2 saturated heterocycles. The number of carbonyl (C=O) groups excluding carboxylic acids is 2. The van der Waals surface area contributed by atoms with E-state index in [9.17, 15) is 37.4 Å². The van der Waals surface area contributed by atoms with Gasteiger partial charge in [0, 0.05) is 45.6 Å². The van der Waals surface area contributed by atoms with Gasteiger partial charge >= 0.3 is 16.2 Å². The fourth-order valence-corrected chi connectivity index (χ4v) is 7.37. The Bertz CT molecular complexity index is 1730. The lowest BCUT2D eigenvalue weighted by Gasteiger charge is -2.23. The third-order valence-corrected chi connectivity index (χ3v) is 9.90. The largest absolute Gasteiger partial charge is 0.491 e. The topological polar surface area (TPSA) is 163 Å². The molecule has 3 aromatic rings. The van der Waals surface area contributed by atoms with Crippen LogP contribution in [0.5, 0.6) is 5.75 Å². The molecule has 2 aliphatic rings. The Morgan fingerprint density at radius 2 is 1.84 bits per heavy atom. The van der Waals surface area contributed by atoms with Gasteiger partial charge in [0.05, 0.1) is 29.4 Å². The molecule has 2 N–H and O–H groups in total. The van der Waals surface area contributed by atoms with Crippen molar-refractivity contribution in [2.24, 2.45) is 0 Å². The first kappa shape index (κ1) is 31.4. The summed E-state index contributed by atoms with van der Waals surface area (Å²) in [5, 5.41) is 23.6. The van der Waals surface area contributed by atoms with Crippen LogP contribution in [0.4, 0.5) is 10.2 Å². The van der Waals surface area contributed by atoms with Crippen LogP contribution in [0.2, 0.25) is 5.02 Å². The molecule has 3 heterocycles. The van der Waals surface area contributed by atoms with Gasteiger partial charge in [-0.2, -0.15) is 22.5 Å². The summed E-state index contributed by atoms with van der Waals surface area (Å²) in [6.45, 7) is -0.193. The van der Waals surface area contributed by atoms with Crippen molar-refractivity contribution in [2.75, 3.05) is 38.7 Å². The summed E-state index contributed by atoms with van der Waals surface area (Å²) in [5.74, 6) is -3.87. The molecule has 0 saturated carbocycles. The molecular formula is C28H29ClFN5O8S. The first-order chi connectivity index (χ1) is 20.8. The van der Waals surface area contributed by atoms with Crippen molar-refractivity contribution >= 4 is 45.4 Å². The van der Waals surface area contributed by atoms with E-state index in [1.807, 2.05) is 0 Å². The highest BCUT2D eigenvalue weighted by Crippen LogP contribution is 2.42. The second-order valence-electron chi connectivity index (χ2n) is 10.5. The molecule has 0 bridgehead atoms. The summed E-state index contributed by atoms with van der Waals surface area (Å²) >= 11 is 6.33. The van der Waals surface area contributed by atoms with Crippen LogP contribution in [-0.2, 0) is 21.5 Å². The number of nitrogens with zero attached hydrogens (tertiary/aromatic N) is 5. The van der Waals surface area contributed by atoms with E-state index in [0.717, 1.165) is 13.3 Å². The van der Waals surface area contributed by atoms with E-state index in [4.69, 9.17) is 16.3 Å². The lowest BCUT2D eigenvalue weighted by atomic mass is 10.0. The molecule has 2 fully saturated rings. The summed E-state index contributed by atoms with van der Waals surface area (Å²) in [7, 11) is -1.26. The standard InChI is InChI=1S/C28H29ClFN5O8S/c1-32(13-16-6-8-18(30)9-7-16)26-25(43-2)24(31-35(26)27(38)20-4-3-5-21(23(20)29)28(39)40)17-12-22(37)34(14-17)44(41,42)33-11-10-19(36)15-33/h3-9,17,19,36H,10-15H2,1-2H3,(H,39,40). The SMILES string of the molecule is COc1c(C2CC(=O)N(S(=O)(=O)N3CCC(O)C3)C2)nn(C(=O)c2cccc(C(=O)O)c2Cl)c1N(C)Cc1ccc(F)cc1. The predicted octanol–water partition coefficient (Wildman–Crippen LogP) is 2.33. The van der Waals surface area contributed by atoms with Crippen LogP contribution in [0.15, 0.2) is 42.5 Å². The number of carbonyl (C=O) groups is 3. The molecule has 0 aliphatic carbocycles. The number of aliphatic hydroxyl groups excluding tert-OH is 1. The number of aromatic carboxylic acids is 1. The van der Waals surface area contributed by atoms with E-state index >= 15 is 0 Å². The Kier molecular flexibility index (Phi) is 8.66. The second-order valence-corrected chi connectivity index (χ2v) is 12.8. The Labute approximate surface area is 257 Å². The van der Waals surface area contributed by atoms with Crippen molar-refractivity contribution in [3.8, 4) is 5.75 Å². The quantitative estimate of drug-likeness (QED) is 0.352. The predicted molar refractivity (Wildman–Crippen MR) is 156 cm³/mol. The Balaban J connectivity index is 1.58. The molecule has 2 unspecified atom stereocenters. The smallest absolute Gasteiger partial charge is 0.337 e. The van der Waals surface area contributed by atoms with Crippen molar-refractivity contribution in [1.82, 2.24) is 18.4 Å². The highest BCUT2D eigenvalue weighted by Gasteiger charge is 2.45. The van der Waals surface area contributed by atoms with Gasteiger partial charge in [0.1, 0.15) is 11.5 Å². The second kappa shape index (κ2) is 12.1. The Hall–Kier alpha value is -4.05. The van der Waals surface area contributed by atoms with Crippen LogP contribution in [0, 0.1) is 5.82 Å². The molecule has 16 heteroatoms. The van der Waals surface area contributed by atoms with Gasteiger partial charge in [-0.1, -0.05) is 29.8 Å². The molecule has 44 heavy (non-hydrogen) atoms. The lowest BCUT2D eigenvalue weighted by Crippen LogP contribution is -2.43. The maximum Gasteiger partial charge on any atom is 0.337 e. The molecule has 234 valence electrons. The molecule has 1 aromatic heterocycles. The number of benzene rings is 2. The van der Waals surface area contributed by atoms with Gasteiger partial charge in [-0.3, -0.25) is 9.59 Å². The lowest BCUT2D eigenvalue weighted by molar-refractivity contribution is -0.123. The maximum atomic E-state index is 13.9. The molecule has 2 aliphatic heterocycles. The van der Waals surface area contributed by atoms with Gasteiger partial charge < -0.3 is 19.8 Å². The van der Waals surface area contributed by atoms with Gasteiger partial charge in [0.25, 0.3) is 5.91 Å². The number of carboxylic acids is 1. The van der Waals surface area contributed by atoms with Crippen LogP contribution in [0.3, 0.4) is 0 Å². The van der Waals surface area contributed by atoms with Crippen molar-refractivity contribution in [3.05, 3.63) is 75.7 Å². The highest BCUT2D eigenvalue weighted by atomic mass is 35.5. The van der Waals surface area contributed by atoms with Crippen LogP contribution < -0.4 is 9.64 Å². The molecule has 2 aromatic carbocycles. The van der Waals surface area contributed by atoms with E-state index in [2.05, 4.69) is 5.10 Å². The van der Waals surface area contributed by atoms with Crippen molar-refractivity contribution in [2.45, 2.75) is 31.4 Å². The van der Waals surface area contributed by atoms with Gasteiger partial charge in [0.15, 0.2) is 11.6 Å². The molecule has 2 atom stereocenters. The van der Waals surface area contributed by atoms with E-state index in [0.29, 0.717) is 5.56 Å². The average molecular weight is 650 g/mol. The minimum Gasteiger partial charge on any atom is -0.491 e. The minimum atomic E-state index is -4.22. The van der Waals surface area contributed by atoms with Crippen molar-refractivity contribution in [3.63, 3.8) is 0 Å². The molecule has 0 radical (unpaired) electrons. The third-order valence-electron chi connectivity index (χ3n) is 7.60. The molecule has 5 rings (SSSR count). The molecule has 1 amide bonds. The van der Waals surface area contributed by atoms with Gasteiger partial charge in [-0.25, -0.2) is 13.5 Å². The third kappa shape index (κ3) is 5.75. The number of β-amino-alcohol motifs (C(OH)–C–C–N with tert-alkyl or cyclic N) is 1. The van der Waals surface area contributed by atoms with Crippen LogP contribution in [0.25, 0.3) is 0 Å². The normalized spacial score (nSPS) is 19.0. The number of rotatable bonds is 9. The van der Waals surface area contributed by atoms with E-state index in [1.165, 1.54) is 37.4 Å². The zero-order valence-electron chi connectivity index (χ0n) is 23.7. The zero-order valence-corrected chi connectivity index (χ0v) is 25.3. The number of ether oxygens (including phenoxy) is 1.